The molecular weight excluding hydrogens is 437 g/mol. The van der Waals surface area contributed by atoms with Crippen LogP contribution in [-0.4, -0.2) is 51.3 Å². The predicted molar refractivity (Wildman–Crippen MR) is 117 cm³/mol. The third kappa shape index (κ3) is 4.25. The van der Waals surface area contributed by atoms with E-state index in [1.54, 1.807) is 17.4 Å². The Kier molecular flexibility index (Phi) is 5.90. The standard InChI is InChI=1S/C22H25F3N6S/c23-22(24,25)16-5-3-8-18(15-16)29-10-12-30(13-11-29)20(19-9-4-14-32-19)21-26-27-28-31(21)17-6-1-2-7-17/h3-5,8-9,14-15,17,20H,1-2,6-7,10-13H2/t20-/m0/s1. The number of rotatable bonds is 5. The van der Waals surface area contributed by atoms with Crippen LogP contribution in [0.25, 0.3) is 0 Å². The van der Waals surface area contributed by atoms with Gasteiger partial charge in [-0.05, 0) is 52.9 Å². The van der Waals surface area contributed by atoms with E-state index in [0.29, 0.717) is 24.8 Å². The van der Waals surface area contributed by atoms with Gasteiger partial charge in [-0.15, -0.1) is 16.4 Å². The molecule has 2 aromatic heterocycles. The number of piperazine rings is 1. The van der Waals surface area contributed by atoms with Crippen LogP contribution < -0.4 is 4.90 Å². The minimum Gasteiger partial charge on any atom is -0.369 e. The summed E-state index contributed by atoms with van der Waals surface area (Å²) in [6, 6.07) is 10.0. The first-order valence-electron chi connectivity index (χ1n) is 11.0. The van der Waals surface area contributed by atoms with E-state index in [9.17, 15) is 13.2 Å². The molecule has 170 valence electrons. The molecule has 0 bridgehead atoms. The fourth-order valence-corrected chi connectivity index (χ4v) is 5.68. The first kappa shape index (κ1) is 21.4. The average Bonchev–Trinajstić information content (AvgIpc) is 3.57. The maximum atomic E-state index is 13.1. The van der Waals surface area contributed by atoms with Crippen molar-refractivity contribution in [3.05, 3.63) is 58.0 Å². The molecule has 0 spiro atoms. The number of aromatic nitrogens is 4. The topological polar surface area (TPSA) is 50.1 Å². The number of tetrazole rings is 1. The molecular formula is C22H25F3N6S. The lowest BCUT2D eigenvalue weighted by Gasteiger charge is -2.39. The number of thiophene rings is 1. The molecule has 6 nitrogen and oxygen atoms in total. The minimum absolute atomic E-state index is 0.0470. The molecule has 1 saturated carbocycles. The second-order valence-corrected chi connectivity index (χ2v) is 9.39. The van der Waals surface area contributed by atoms with Gasteiger partial charge in [0.1, 0.15) is 6.04 Å². The Balaban J connectivity index is 1.37. The highest BCUT2D eigenvalue weighted by Crippen LogP contribution is 2.37. The molecule has 1 aliphatic carbocycles. The Morgan fingerprint density at radius 3 is 2.47 bits per heavy atom. The summed E-state index contributed by atoms with van der Waals surface area (Å²) in [5.41, 5.74) is 0.00701. The summed E-state index contributed by atoms with van der Waals surface area (Å²) in [5.74, 6) is 0.867. The Morgan fingerprint density at radius 2 is 1.78 bits per heavy atom. The number of benzene rings is 1. The number of nitrogens with zero attached hydrogens (tertiary/aromatic N) is 6. The normalized spacial score (nSPS) is 19.5. The van der Waals surface area contributed by atoms with Crippen LogP contribution in [0.5, 0.6) is 0 Å². The van der Waals surface area contributed by atoms with Gasteiger partial charge in [0.15, 0.2) is 5.82 Å². The van der Waals surface area contributed by atoms with Crippen LogP contribution in [0, 0.1) is 0 Å². The lowest BCUT2D eigenvalue weighted by atomic mass is 10.1. The van der Waals surface area contributed by atoms with Crippen molar-refractivity contribution in [3.8, 4) is 0 Å². The Morgan fingerprint density at radius 1 is 1.00 bits per heavy atom. The van der Waals surface area contributed by atoms with Gasteiger partial charge in [0.25, 0.3) is 0 Å². The van der Waals surface area contributed by atoms with Crippen molar-refractivity contribution in [1.29, 1.82) is 0 Å². The van der Waals surface area contributed by atoms with Crippen molar-refractivity contribution in [2.24, 2.45) is 0 Å². The number of hydrogen-bond donors (Lipinski definition) is 0. The van der Waals surface area contributed by atoms with Gasteiger partial charge < -0.3 is 4.90 Å². The van der Waals surface area contributed by atoms with Gasteiger partial charge in [-0.2, -0.15) is 13.2 Å². The molecule has 32 heavy (non-hydrogen) atoms. The number of hydrogen-bond acceptors (Lipinski definition) is 6. The highest BCUT2D eigenvalue weighted by atomic mass is 32.1. The smallest absolute Gasteiger partial charge is 0.369 e. The molecule has 3 heterocycles. The summed E-state index contributed by atoms with van der Waals surface area (Å²) in [5, 5.41) is 14.8. The molecule has 3 aromatic rings. The molecule has 5 rings (SSSR count). The first-order chi connectivity index (χ1) is 15.5. The number of anilines is 1. The van der Waals surface area contributed by atoms with Crippen molar-refractivity contribution in [1.82, 2.24) is 25.1 Å². The highest BCUT2D eigenvalue weighted by Gasteiger charge is 2.34. The average molecular weight is 463 g/mol. The fraction of sp³-hybridized carbons (Fsp3) is 0.500. The second-order valence-electron chi connectivity index (χ2n) is 8.41. The number of alkyl halides is 3. The van der Waals surface area contributed by atoms with Crippen molar-refractivity contribution in [2.75, 3.05) is 31.1 Å². The lowest BCUT2D eigenvalue weighted by Crippen LogP contribution is -2.48. The van der Waals surface area contributed by atoms with E-state index in [0.717, 1.165) is 37.8 Å². The van der Waals surface area contributed by atoms with Gasteiger partial charge in [0.2, 0.25) is 0 Å². The summed E-state index contributed by atoms with van der Waals surface area (Å²) in [6.07, 6.45) is 0.253. The van der Waals surface area contributed by atoms with Gasteiger partial charge >= 0.3 is 6.18 Å². The zero-order valence-electron chi connectivity index (χ0n) is 17.6. The van der Waals surface area contributed by atoms with Crippen LogP contribution in [0.4, 0.5) is 18.9 Å². The van der Waals surface area contributed by atoms with E-state index in [1.165, 1.54) is 29.9 Å². The van der Waals surface area contributed by atoms with Crippen molar-refractivity contribution in [2.45, 2.75) is 43.9 Å². The Bertz CT molecular complexity index is 1020. The molecule has 0 N–H and O–H groups in total. The van der Waals surface area contributed by atoms with E-state index in [1.807, 2.05) is 15.6 Å². The molecule has 0 radical (unpaired) electrons. The summed E-state index contributed by atoms with van der Waals surface area (Å²) in [4.78, 5) is 5.57. The van der Waals surface area contributed by atoms with E-state index >= 15 is 0 Å². The van der Waals surface area contributed by atoms with Gasteiger partial charge in [-0.1, -0.05) is 25.0 Å². The van der Waals surface area contributed by atoms with Gasteiger partial charge in [0, 0.05) is 36.7 Å². The van der Waals surface area contributed by atoms with E-state index in [2.05, 4.69) is 31.9 Å². The summed E-state index contributed by atoms with van der Waals surface area (Å²) in [7, 11) is 0. The number of halogens is 3. The second kappa shape index (κ2) is 8.82. The third-order valence-electron chi connectivity index (χ3n) is 6.46. The maximum absolute atomic E-state index is 13.1. The van der Waals surface area contributed by atoms with Crippen LogP contribution in [0.2, 0.25) is 0 Å². The first-order valence-corrected chi connectivity index (χ1v) is 11.9. The van der Waals surface area contributed by atoms with Crippen LogP contribution >= 0.6 is 11.3 Å². The largest absolute Gasteiger partial charge is 0.416 e. The molecule has 2 aliphatic rings. The van der Waals surface area contributed by atoms with Gasteiger partial charge in [-0.25, -0.2) is 4.68 Å². The summed E-state index contributed by atoms with van der Waals surface area (Å²) in [6.45, 7) is 2.73. The fourth-order valence-electron chi connectivity index (χ4n) is 4.82. The van der Waals surface area contributed by atoms with Gasteiger partial charge in [0.05, 0.1) is 11.6 Å². The minimum atomic E-state index is -4.33. The quantitative estimate of drug-likeness (QED) is 0.546. The van der Waals surface area contributed by atoms with Crippen LogP contribution in [0.1, 0.15) is 54.0 Å². The van der Waals surface area contributed by atoms with Crippen molar-refractivity contribution >= 4 is 17.0 Å². The predicted octanol–water partition coefficient (Wildman–Crippen LogP) is 4.78. The molecule has 1 saturated heterocycles. The summed E-state index contributed by atoms with van der Waals surface area (Å²) >= 11 is 1.69. The van der Waals surface area contributed by atoms with Crippen LogP contribution in [-0.2, 0) is 6.18 Å². The Labute approximate surface area is 188 Å². The SMILES string of the molecule is FC(F)(F)c1cccc(N2CCN([C@@H](c3cccs3)c3nnnn3C3CCCC3)CC2)c1. The monoisotopic (exact) mass is 462 g/mol. The highest BCUT2D eigenvalue weighted by molar-refractivity contribution is 7.10. The lowest BCUT2D eigenvalue weighted by molar-refractivity contribution is -0.137. The molecule has 1 aliphatic heterocycles. The Hall–Kier alpha value is -2.46. The molecule has 2 fully saturated rings. The van der Waals surface area contributed by atoms with Crippen LogP contribution in [0.3, 0.4) is 0 Å². The zero-order chi connectivity index (χ0) is 22.1. The van der Waals surface area contributed by atoms with Crippen molar-refractivity contribution < 1.29 is 13.2 Å². The molecule has 0 amide bonds. The third-order valence-corrected chi connectivity index (χ3v) is 7.39. The van der Waals surface area contributed by atoms with Crippen molar-refractivity contribution in [3.63, 3.8) is 0 Å². The maximum Gasteiger partial charge on any atom is 0.416 e. The molecule has 10 heteroatoms. The van der Waals surface area contributed by atoms with Gasteiger partial charge in [-0.3, -0.25) is 4.90 Å². The zero-order valence-corrected chi connectivity index (χ0v) is 18.4. The molecule has 1 aromatic carbocycles. The molecule has 0 unspecified atom stereocenters. The van der Waals surface area contributed by atoms with E-state index in [4.69, 9.17) is 0 Å². The molecule has 1 atom stereocenters. The van der Waals surface area contributed by atoms with Crippen LogP contribution in [0.15, 0.2) is 41.8 Å². The summed E-state index contributed by atoms with van der Waals surface area (Å²) < 4.78 is 41.4. The van der Waals surface area contributed by atoms with E-state index < -0.39 is 11.7 Å². The van der Waals surface area contributed by atoms with E-state index in [-0.39, 0.29) is 6.04 Å².